The van der Waals surface area contributed by atoms with E-state index in [2.05, 4.69) is 121 Å². The van der Waals surface area contributed by atoms with E-state index in [1.807, 2.05) is 48.7 Å². The topological polar surface area (TPSA) is 25.8 Å². The van der Waals surface area contributed by atoms with E-state index in [0.29, 0.717) is 5.92 Å². The second-order valence-electron chi connectivity index (χ2n) is 10.3. The summed E-state index contributed by atoms with van der Waals surface area (Å²) in [5.74, 6) is 0.468. The van der Waals surface area contributed by atoms with E-state index < -0.39 is 0 Å². The minimum Gasteiger partial charge on any atom is -0.305 e. The summed E-state index contributed by atoms with van der Waals surface area (Å²) in [6.45, 7) is 4.43. The van der Waals surface area contributed by atoms with Crippen LogP contribution in [-0.2, 0) is 20.1 Å². The fourth-order valence-corrected chi connectivity index (χ4v) is 5.92. The van der Waals surface area contributed by atoms with Crippen molar-refractivity contribution in [2.24, 2.45) is 0 Å². The molecule has 0 atom stereocenters. The average Bonchev–Trinajstić information content (AvgIpc) is 3.51. The van der Waals surface area contributed by atoms with E-state index in [1.165, 1.54) is 37.2 Å². The first-order chi connectivity index (χ1) is 20.7. The van der Waals surface area contributed by atoms with Gasteiger partial charge in [-0.15, -0.1) is 53.6 Å². The van der Waals surface area contributed by atoms with E-state index in [9.17, 15) is 0 Å². The van der Waals surface area contributed by atoms with Crippen LogP contribution in [0.15, 0.2) is 140 Å². The van der Waals surface area contributed by atoms with Crippen molar-refractivity contribution in [1.82, 2.24) is 9.97 Å². The molecule has 4 aromatic carbocycles. The Morgan fingerprint density at radius 3 is 2.00 bits per heavy atom. The molecule has 43 heavy (non-hydrogen) atoms. The number of pyridine rings is 2. The molecule has 0 spiro atoms. The maximum absolute atomic E-state index is 4.67. The number of rotatable bonds is 5. The Morgan fingerprint density at radius 2 is 1.33 bits per heavy atom. The van der Waals surface area contributed by atoms with Crippen LogP contribution < -0.4 is 0 Å². The second kappa shape index (κ2) is 14.3. The summed E-state index contributed by atoms with van der Waals surface area (Å²) in [4.78, 5) is 10.2. The van der Waals surface area contributed by atoms with Crippen LogP contribution in [0.5, 0.6) is 0 Å². The number of benzene rings is 4. The van der Waals surface area contributed by atoms with Crippen LogP contribution in [0.1, 0.15) is 25.3 Å². The second-order valence-corrected chi connectivity index (χ2v) is 11.4. The van der Waals surface area contributed by atoms with Gasteiger partial charge in [-0.2, -0.15) is 11.3 Å². The molecule has 3 heterocycles. The Balaban J connectivity index is 0.000000238. The first-order valence-electron chi connectivity index (χ1n) is 14.1. The Bertz CT molecular complexity index is 1850. The van der Waals surface area contributed by atoms with Crippen LogP contribution in [0.2, 0.25) is 0 Å². The molecule has 0 saturated heterocycles. The fourth-order valence-electron chi connectivity index (χ4n) is 4.83. The summed E-state index contributed by atoms with van der Waals surface area (Å²) < 4.78 is 1.17. The zero-order chi connectivity index (χ0) is 28.7. The summed E-state index contributed by atoms with van der Waals surface area (Å²) >= 11 is 1.80. The molecule has 0 bridgehead atoms. The smallest absolute Gasteiger partial charge is 0.0246 e. The Kier molecular flexibility index (Phi) is 10.1. The van der Waals surface area contributed by atoms with Gasteiger partial charge in [0.1, 0.15) is 0 Å². The van der Waals surface area contributed by atoms with Gasteiger partial charge >= 0.3 is 0 Å². The number of fused-ring (bicyclic) bond motifs is 1. The molecule has 0 aliphatic rings. The Labute approximate surface area is 271 Å². The van der Waals surface area contributed by atoms with Crippen LogP contribution >= 0.6 is 11.3 Å². The number of hydrogen-bond donors (Lipinski definition) is 0. The molecule has 0 unspecified atom stereocenters. The molecule has 0 aliphatic heterocycles. The van der Waals surface area contributed by atoms with Crippen molar-refractivity contribution >= 4 is 21.4 Å². The van der Waals surface area contributed by atoms with Crippen molar-refractivity contribution in [1.29, 1.82) is 0 Å². The molecular weight excluding hydrogens is 721 g/mol. The molecule has 4 heteroatoms. The number of thiophene rings is 1. The maximum Gasteiger partial charge on any atom is 0.0246 e. The normalized spacial score (nSPS) is 10.6. The van der Waals surface area contributed by atoms with E-state index in [4.69, 9.17) is 0 Å². The molecule has 0 amide bonds. The molecule has 0 N–H and O–H groups in total. The third kappa shape index (κ3) is 7.24. The third-order valence-electron chi connectivity index (χ3n) is 7.08. The van der Waals surface area contributed by atoms with Gasteiger partial charge in [-0.3, -0.25) is 0 Å². The SMILES string of the molecule is CC(C)c1ccnc(-c2[c-]c3sc(-c4ccccc4)cc3c(-c3ccccc3)c2)c1.[Ir].[c-]1ccccc1-c1ccccn1. The molecule has 7 rings (SSSR count). The van der Waals surface area contributed by atoms with E-state index in [-0.39, 0.29) is 20.1 Å². The number of aromatic nitrogens is 2. The molecule has 0 aliphatic carbocycles. The van der Waals surface area contributed by atoms with Crippen molar-refractivity contribution in [3.8, 4) is 44.1 Å². The van der Waals surface area contributed by atoms with Crippen molar-refractivity contribution < 1.29 is 20.1 Å². The summed E-state index contributed by atoms with van der Waals surface area (Å²) in [5.41, 5.74) is 9.03. The zero-order valence-electron chi connectivity index (χ0n) is 24.0. The van der Waals surface area contributed by atoms with E-state index in [1.54, 1.807) is 17.5 Å². The summed E-state index contributed by atoms with van der Waals surface area (Å²) in [6.07, 6.45) is 3.70. The zero-order valence-corrected chi connectivity index (χ0v) is 27.2. The van der Waals surface area contributed by atoms with Crippen LogP contribution in [-0.4, -0.2) is 9.97 Å². The molecule has 213 valence electrons. The predicted molar refractivity (Wildman–Crippen MR) is 177 cm³/mol. The monoisotopic (exact) mass is 751 g/mol. The van der Waals surface area contributed by atoms with Crippen molar-refractivity contribution in [2.45, 2.75) is 19.8 Å². The standard InChI is InChI=1S/C28H22NS.C11H8N.Ir/c1-19(2)22-13-14-29-26(16-22)23-15-24(20-9-5-3-6-10-20)25-18-27(30-28(25)17-23)21-11-7-4-8-12-21;1-2-6-10(7-3-1)11-8-4-5-9-12-11;/h3-16,18-19H,1-2H3;1-6,8-9H;/q2*-1;. The third-order valence-corrected chi connectivity index (χ3v) is 8.18. The molecule has 0 saturated carbocycles. The summed E-state index contributed by atoms with van der Waals surface area (Å²) in [5, 5.41) is 1.24. The van der Waals surface area contributed by atoms with Gasteiger partial charge in [0.25, 0.3) is 0 Å². The van der Waals surface area contributed by atoms with Gasteiger partial charge in [0.2, 0.25) is 0 Å². The average molecular weight is 751 g/mol. The first-order valence-corrected chi connectivity index (χ1v) is 14.9. The van der Waals surface area contributed by atoms with Crippen molar-refractivity contribution in [2.75, 3.05) is 0 Å². The largest absolute Gasteiger partial charge is 0.305 e. The van der Waals surface area contributed by atoms with E-state index in [0.717, 1.165) is 22.5 Å². The van der Waals surface area contributed by atoms with Crippen LogP contribution in [0, 0.1) is 12.1 Å². The predicted octanol–water partition coefficient (Wildman–Crippen LogP) is 10.8. The van der Waals surface area contributed by atoms with Gasteiger partial charge in [-0.25, -0.2) is 0 Å². The van der Waals surface area contributed by atoms with Gasteiger partial charge in [0.05, 0.1) is 0 Å². The molecule has 1 radical (unpaired) electrons. The molecule has 7 aromatic rings. The van der Waals surface area contributed by atoms with Gasteiger partial charge in [-0.05, 0) is 45.3 Å². The maximum atomic E-state index is 4.67. The number of hydrogen-bond acceptors (Lipinski definition) is 3. The Morgan fingerprint density at radius 1 is 0.628 bits per heavy atom. The van der Waals surface area contributed by atoms with E-state index >= 15 is 0 Å². The minimum atomic E-state index is 0. The number of nitrogens with zero attached hydrogens (tertiary/aromatic N) is 2. The fraction of sp³-hybridized carbons (Fsp3) is 0.0769. The van der Waals surface area contributed by atoms with Gasteiger partial charge in [-0.1, -0.05) is 115 Å². The summed E-state index contributed by atoms with van der Waals surface area (Å²) in [7, 11) is 0. The molecular formula is C39H30IrN2S-2. The first kappa shape index (κ1) is 30.3. The van der Waals surface area contributed by atoms with Gasteiger partial charge in [0.15, 0.2) is 0 Å². The van der Waals surface area contributed by atoms with Crippen LogP contribution in [0.3, 0.4) is 0 Å². The van der Waals surface area contributed by atoms with Gasteiger partial charge < -0.3 is 9.97 Å². The van der Waals surface area contributed by atoms with Gasteiger partial charge in [0, 0.05) is 37.4 Å². The molecule has 2 nitrogen and oxygen atoms in total. The van der Waals surface area contributed by atoms with Crippen LogP contribution in [0.4, 0.5) is 0 Å². The van der Waals surface area contributed by atoms with Crippen molar-refractivity contribution in [3.63, 3.8) is 0 Å². The van der Waals surface area contributed by atoms with Crippen molar-refractivity contribution in [3.05, 3.63) is 157 Å². The Hall–Kier alpha value is -4.21. The minimum absolute atomic E-state index is 0. The molecule has 0 fully saturated rings. The van der Waals surface area contributed by atoms with Crippen LogP contribution in [0.25, 0.3) is 54.2 Å². The quantitative estimate of drug-likeness (QED) is 0.164. The summed E-state index contributed by atoms with van der Waals surface area (Å²) in [6, 6.07) is 50.5. The molecule has 3 aromatic heterocycles.